The Labute approximate surface area is 175 Å². The fourth-order valence-corrected chi connectivity index (χ4v) is 3.70. The van der Waals surface area contributed by atoms with Gasteiger partial charge in [-0.15, -0.1) is 0 Å². The molecule has 2 aromatic carbocycles. The topological polar surface area (TPSA) is 85.3 Å². The lowest BCUT2D eigenvalue weighted by atomic mass is 9.94. The first-order valence-corrected chi connectivity index (χ1v) is 9.62. The summed E-state index contributed by atoms with van der Waals surface area (Å²) in [7, 11) is 4.48. The first kappa shape index (κ1) is 21.2. The SMILES string of the molecule is CCCN1C(=O)C(=O)/C(=C(/O)c2c(OC)cccc2OC)C1c1ccc(OC)cc1. The normalized spacial score (nSPS) is 17.9. The Morgan fingerprint density at radius 1 is 0.967 bits per heavy atom. The summed E-state index contributed by atoms with van der Waals surface area (Å²) in [6.07, 6.45) is 0.664. The first-order valence-electron chi connectivity index (χ1n) is 9.62. The maximum absolute atomic E-state index is 13.0. The van der Waals surface area contributed by atoms with Gasteiger partial charge in [0, 0.05) is 6.54 Å². The predicted molar refractivity (Wildman–Crippen MR) is 112 cm³/mol. The number of carbonyl (C=O) groups is 2. The number of ether oxygens (including phenoxy) is 3. The van der Waals surface area contributed by atoms with Crippen molar-refractivity contribution in [2.45, 2.75) is 19.4 Å². The second kappa shape index (κ2) is 8.90. The number of rotatable bonds is 7. The van der Waals surface area contributed by atoms with Crippen LogP contribution in [-0.2, 0) is 9.59 Å². The van der Waals surface area contributed by atoms with Crippen LogP contribution in [0.2, 0.25) is 0 Å². The number of amides is 1. The minimum absolute atomic E-state index is 0.00131. The van der Waals surface area contributed by atoms with Crippen molar-refractivity contribution in [1.82, 2.24) is 4.90 Å². The van der Waals surface area contributed by atoms with Crippen molar-refractivity contribution in [3.63, 3.8) is 0 Å². The number of methoxy groups -OCH3 is 3. The Morgan fingerprint density at radius 2 is 1.57 bits per heavy atom. The summed E-state index contributed by atoms with van der Waals surface area (Å²) >= 11 is 0. The van der Waals surface area contributed by atoms with Crippen molar-refractivity contribution in [3.05, 3.63) is 59.2 Å². The molecule has 0 aromatic heterocycles. The molecule has 3 rings (SSSR count). The van der Waals surface area contributed by atoms with Crippen LogP contribution in [0.15, 0.2) is 48.0 Å². The molecule has 7 heteroatoms. The van der Waals surface area contributed by atoms with Crippen molar-refractivity contribution in [3.8, 4) is 17.2 Å². The zero-order valence-electron chi connectivity index (χ0n) is 17.5. The Balaban J connectivity index is 2.26. The molecule has 1 saturated heterocycles. The van der Waals surface area contributed by atoms with Crippen molar-refractivity contribution in [2.75, 3.05) is 27.9 Å². The van der Waals surface area contributed by atoms with Crippen LogP contribution in [0.25, 0.3) is 5.76 Å². The molecule has 1 amide bonds. The van der Waals surface area contributed by atoms with Crippen molar-refractivity contribution in [1.29, 1.82) is 0 Å². The number of benzene rings is 2. The standard InChI is InChI=1S/C23H25NO6/c1-5-13-24-20(14-9-11-15(28-2)12-10-14)19(22(26)23(24)27)21(25)18-16(29-3)7-6-8-17(18)30-4/h6-12,20,25H,5,13H2,1-4H3/b21-19+. The fourth-order valence-electron chi connectivity index (χ4n) is 3.70. The molecule has 158 valence electrons. The molecule has 0 bridgehead atoms. The number of likely N-dealkylation sites (tertiary alicyclic amines) is 1. The molecule has 1 N–H and O–H groups in total. The van der Waals surface area contributed by atoms with E-state index in [1.807, 2.05) is 6.92 Å². The van der Waals surface area contributed by atoms with Gasteiger partial charge in [0.25, 0.3) is 11.7 Å². The van der Waals surface area contributed by atoms with Crippen LogP contribution >= 0.6 is 0 Å². The highest BCUT2D eigenvalue weighted by Crippen LogP contribution is 2.43. The third kappa shape index (κ3) is 3.58. The van der Waals surface area contributed by atoms with E-state index in [4.69, 9.17) is 14.2 Å². The summed E-state index contributed by atoms with van der Waals surface area (Å²) in [5.74, 6) is -0.397. The average Bonchev–Trinajstić information content (AvgIpc) is 3.03. The summed E-state index contributed by atoms with van der Waals surface area (Å²) in [5, 5.41) is 11.2. The summed E-state index contributed by atoms with van der Waals surface area (Å²) in [6.45, 7) is 2.30. The van der Waals surface area contributed by atoms with Crippen LogP contribution in [0.5, 0.6) is 17.2 Å². The van der Waals surface area contributed by atoms with E-state index in [1.54, 1.807) is 49.6 Å². The molecule has 1 fully saturated rings. The van der Waals surface area contributed by atoms with Gasteiger partial charge in [0.2, 0.25) is 0 Å². The van der Waals surface area contributed by atoms with Crippen molar-refractivity contribution in [2.24, 2.45) is 0 Å². The van der Waals surface area contributed by atoms with Gasteiger partial charge in [-0.25, -0.2) is 0 Å². The quantitative estimate of drug-likeness (QED) is 0.426. The first-order chi connectivity index (χ1) is 14.5. The van der Waals surface area contributed by atoms with Gasteiger partial charge in [0.05, 0.1) is 32.9 Å². The van der Waals surface area contributed by atoms with Gasteiger partial charge < -0.3 is 24.2 Å². The molecule has 1 heterocycles. The number of hydrogen-bond acceptors (Lipinski definition) is 6. The number of aliphatic hydroxyl groups is 1. The van der Waals surface area contributed by atoms with Crippen molar-refractivity contribution < 1.29 is 28.9 Å². The van der Waals surface area contributed by atoms with Gasteiger partial charge in [0.1, 0.15) is 28.6 Å². The number of ketones is 1. The summed E-state index contributed by atoms with van der Waals surface area (Å²) < 4.78 is 16.0. The largest absolute Gasteiger partial charge is 0.506 e. The van der Waals surface area contributed by atoms with E-state index < -0.39 is 17.7 Å². The fraction of sp³-hybridized carbons (Fsp3) is 0.304. The maximum Gasteiger partial charge on any atom is 0.295 e. The highest BCUT2D eigenvalue weighted by Gasteiger charge is 2.46. The van der Waals surface area contributed by atoms with Gasteiger partial charge in [-0.1, -0.05) is 25.1 Å². The maximum atomic E-state index is 13.0. The third-order valence-corrected chi connectivity index (χ3v) is 5.10. The molecule has 30 heavy (non-hydrogen) atoms. The van der Waals surface area contributed by atoms with E-state index in [9.17, 15) is 14.7 Å². The molecule has 2 aromatic rings. The van der Waals surface area contributed by atoms with E-state index in [-0.39, 0.29) is 16.9 Å². The van der Waals surface area contributed by atoms with Crippen molar-refractivity contribution >= 4 is 17.4 Å². The second-order valence-electron chi connectivity index (χ2n) is 6.80. The Morgan fingerprint density at radius 3 is 2.07 bits per heavy atom. The number of carbonyl (C=O) groups excluding carboxylic acids is 2. The van der Waals surface area contributed by atoms with Gasteiger partial charge in [0.15, 0.2) is 0 Å². The molecule has 0 saturated carbocycles. The number of hydrogen-bond donors (Lipinski definition) is 1. The zero-order valence-corrected chi connectivity index (χ0v) is 17.5. The minimum atomic E-state index is -0.741. The van der Waals surface area contributed by atoms with Crippen LogP contribution in [-0.4, -0.2) is 49.6 Å². The zero-order chi connectivity index (χ0) is 21.8. The van der Waals surface area contributed by atoms with Crippen LogP contribution in [0.1, 0.15) is 30.5 Å². The van der Waals surface area contributed by atoms with Crippen LogP contribution in [0.3, 0.4) is 0 Å². The highest BCUT2D eigenvalue weighted by molar-refractivity contribution is 6.46. The summed E-state index contributed by atoms with van der Waals surface area (Å²) in [4.78, 5) is 27.3. The highest BCUT2D eigenvalue weighted by atomic mass is 16.5. The third-order valence-electron chi connectivity index (χ3n) is 5.10. The lowest BCUT2D eigenvalue weighted by Crippen LogP contribution is -2.30. The van der Waals surface area contributed by atoms with Gasteiger partial charge in [-0.2, -0.15) is 0 Å². The van der Waals surface area contributed by atoms with Crippen LogP contribution in [0, 0.1) is 0 Å². The van der Waals surface area contributed by atoms with Gasteiger partial charge >= 0.3 is 0 Å². The van der Waals surface area contributed by atoms with E-state index in [1.165, 1.54) is 19.1 Å². The van der Waals surface area contributed by atoms with E-state index >= 15 is 0 Å². The molecule has 1 atom stereocenters. The Kier molecular flexibility index (Phi) is 6.30. The summed E-state index contributed by atoms with van der Waals surface area (Å²) in [6, 6.07) is 11.4. The molecular formula is C23H25NO6. The van der Waals surface area contributed by atoms with E-state index in [0.717, 1.165) is 0 Å². The van der Waals surface area contributed by atoms with Gasteiger partial charge in [-0.05, 0) is 36.2 Å². The Hall–Kier alpha value is -3.48. The van der Waals surface area contributed by atoms with E-state index in [2.05, 4.69) is 0 Å². The molecule has 7 nitrogen and oxygen atoms in total. The number of nitrogens with zero attached hydrogens (tertiary/aromatic N) is 1. The molecule has 0 radical (unpaired) electrons. The Bertz CT molecular complexity index is 957. The molecular weight excluding hydrogens is 386 g/mol. The average molecular weight is 411 g/mol. The molecule has 1 aliphatic rings. The number of aliphatic hydroxyl groups excluding tert-OH is 1. The molecule has 0 aliphatic carbocycles. The monoisotopic (exact) mass is 411 g/mol. The van der Waals surface area contributed by atoms with E-state index in [0.29, 0.717) is 35.8 Å². The smallest absolute Gasteiger partial charge is 0.295 e. The van der Waals surface area contributed by atoms with Gasteiger partial charge in [-0.3, -0.25) is 9.59 Å². The lowest BCUT2D eigenvalue weighted by molar-refractivity contribution is -0.139. The lowest BCUT2D eigenvalue weighted by Gasteiger charge is -2.25. The molecule has 1 aliphatic heterocycles. The summed E-state index contributed by atoms with van der Waals surface area (Å²) in [5.41, 5.74) is 0.927. The minimum Gasteiger partial charge on any atom is -0.506 e. The molecule has 0 spiro atoms. The van der Waals surface area contributed by atoms with Crippen LogP contribution in [0.4, 0.5) is 0 Å². The van der Waals surface area contributed by atoms with Crippen LogP contribution < -0.4 is 14.2 Å². The second-order valence-corrected chi connectivity index (χ2v) is 6.80. The molecule has 1 unspecified atom stereocenters. The predicted octanol–water partition coefficient (Wildman–Crippen LogP) is 3.54. The number of Topliss-reactive ketones (excluding diaryl/α,β-unsaturated/α-hetero) is 1.